The van der Waals surface area contributed by atoms with Gasteiger partial charge in [0.05, 0.1) is 12.0 Å². The lowest BCUT2D eigenvalue weighted by Crippen LogP contribution is -2.13. The number of aryl methyl sites for hydroxylation is 1. The average Bonchev–Trinajstić information content (AvgIpc) is 2.90. The summed E-state index contributed by atoms with van der Waals surface area (Å²) in [5.74, 6) is -1.17. The predicted octanol–water partition coefficient (Wildman–Crippen LogP) is 2.46. The van der Waals surface area contributed by atoms with Crippen molar-refractivity contribution in [1.29, 1.82) is 0 Å². The number of aromatic nitrogens is 1. The normalized spacial score (nSPS) is 10.0. The van der Waals surface area contributed by atoms with Crippen LogP contribution in [-0.2, 0) is 16.0 Å². The summed E-state index contributed by atoms with van der Waals surface area (Å²) in [4.78, 5) is 26.8. The van der Waals surface area contributed by atoms with Crippen LogP contribution in [0.5, 0.6) is 0 Å². The number of rotatable bonds is 4. The fraction of sp³-hybridized carbons (Fsp3) is 0.154. The number of carbonyl (C=O) groups is 2. The second-order valence-electron chi connectivity index (χ2n) is 3.63. The summed E-state index contributed by atoms with van der Waals surface area (Å²) in [6, 6.07) is 5.12. The number of esters is 2. The Morgan fingerprint density at radius 1 is 1.33 bits per heavy atom. The van der Waals surface area contributed by atoms with Gasteiger partial charge in [0.2, 0.25) is 0 Å². The second-order valence-corrected chi connectivity index (χ2v) is 4.41. The van der Waals surface area contributed by atoms with E-state index in [9.17, 15) is 9.59 Å². The molecule has 0 saturated carbocycles. The molecule has 5 heteroatoms. The van der Waals surface area contributed by atoms with E-state index >= 15 is 0 Å². The van der Waals surface area contributed by atoms with Gasteiger partial charge in [0.1, 0.15) is 0 Å². The highest BCUT2D eigenvalue weighted by Gasteiger charge is 2.12. The molecular formula is C13H11NO3S. The topological polar surface area (TPSA) is 56.3 Å². The van der Waals surface area contributed by atoms with Crippen molar-refractivity contribution < 1.29 is 14.3 Å². The number of nitrogens with zero attached hydrogens (tertiary/aromatic N) is 1. The van der Waals surface area contributed by atoms with Crippen LogP contribution < -0.4 is 0 Å². The van der Waals surface area contributed by atoms with Crippen molar-refractivity contribution in [3.63, 3.8) is 0 Å². The van der Waals surface area contributed by atoms with E-state index in [1.807, 2.05) is 16.8 Å². The minimum Gasteiger partial charge on any atom is -0.389 e. The number of hydrogen-bond donors (Lipinski definition) is 0. The zero-order valence-electron chi connectivity index (χ0n) is 9.54. The number of ether oxygens (including phenoxy) is 1. The fourth-order valence-electron chi connectivity index (χ4n) is 1.38. The Hall–Kier alpha value is -2.01. The van der Waals surface area contributed by atoms with E-state index in [1.165, 1.54) is 6.20 Å². The Kier molecular flexibility index (Phi) is 4.20. The first kappa shape index (κ1) is 12.4. The lowest BCUT2D eigenvalue weighted by Gasteiger charge is -2.01. The molecule has 0 aliphatic heterocycles. The van der Waals surface area contributed by atoms with Crippen LogP contribution >= 0.6 is 11.3 Å². The van der Waals surface area contributed by atoms with E-state index in [-0.39, 0.29) is 12.0 Å². The standard InChI is InChI=1S/C13H11NO3S/c15-12(4-3-10-5-7-18-9-10)17-13(16)11-2-1-6-14-8-11/h1-2,5-9H,3-4H2. The Labute approximate surface area is 108 Å². The summed E-state index contributed by atoms with van der Waals surface area (Å²) in [7, 11) is 0. The summed E-state index contributed by atoms with van der Waals surface area (Å²) >= 11 is 1.57. The molecule has 0 saturated heterocycles. The van der Waals surface area contributed by atoms with E-state index in [0.29, 0.717) is 6.42 Å². The maximum absolute atomic E-state index is 11.5. The van der Waals surface area contributed by atoms with Gasteiger partial charge in [0.25, 0.3) is 0 Å². The summed E-state index contributed by atoms with van der Waals surface area (Å²) in [6.45, 7) is 0. The smallest absolute Gasteiger partial charge is 0.347 e. The SMILES string of the molecule is O=C(CCc1ccsc1)OC(=O)c1cccnc1. The third kappa shape index (κ3) is 3.49. The monoisotopic (exact) mass is 261 g/mol. The third-order valence-electron chi connectivity index (χ3n) is 2.30. The zero-order valence-corrected chi connectivity index (χ0v) is 10.4. The maximum Gasteiger partial charge on any atom is 0.347 e. The number of carbonyl (C=O) groups excluding carboxylic acids is 2. The summed E-state index contributed by atoms with van der Waals surface area (Å²) in [5, 5.41) is 3.91. The van der Waals surface area contributed by atoms with Gasteiger partial charge in [-0.15, -0.1) is 0 Å². The van der Waals surface area contributed by atoms with Crippen LogP contribution in [0.3, 0.4) is 0 Å². The Morgan fingerprint density at radius 3 is 2.89 bits per heavy atom. The van der Waals surface area contributed by atoms with E-state index in [4.69, 9.17) is 4.74 Å². The highest BCUT2D eigenvalue weighted by Crippen LogP contribution is 2.09. The molecule has 2 aromatic heterocycles. The van der Waals surface area contributed by atoms with Gasteiger partial charge in [-0.1, -0.05) is 0 Å². The van der Waals surface area contributed by atoms with Crippen molar-refractivity contribution in [2.45, 2.75) is 12.8 Å². The van der Waals surface area contributed by atoms with Gasteiger partial charge in [0, 0.05) is 12.4 Å². The molecule has 2 heterocycles. The third-order valence-corrected chi connectivity index (χ3v) is 3.03. The Balaban J connectivity index is 1.83. The van der Waals surface area contributed by atoms with Crippen LogP contribution in [0, 0.1) is 0 Å². The average molecular weight is 261 g/mol. The van der Waals surface area contributed by atoms with E-state index in [2.05, 4.69) is 4.98 Å². The van der Waals surface area contributed by atoms with Crippen molar-refractivity contribution in [1.82, 2.24) is 4.98 Å². The molecule has 2 rings (SSSR count). The summed E-state index contributed by atoms with van der Waals surface area (Å²) in [5.41, 5.74) is 1.35. The quantitative estimate of drug-likeness (QED) is 0.626. The molecule has 0 fully saturated rings. The van der Waals surface area contributed by atoms with E-state index in [1.54, 1.807) is 29.7 Å². The molecular weight excluding hydrogens is 250 g/mol. The van der Waals surface area contributed by atoms with Gasteiger partial charge in [0.15, 0.2) is 0 Å². The van der Waals surface area contributed by atoms with Crippen LogP contribution in [0.25, 0.3) is 0 Å². The van der Waals surface area contributed by atoms with Crippen LogP contribution in [0.4, 0.5) is 0 Å². The molecule has 0 N–H and O–H groups in total. The minimum absolute atomic E-state index is 0.197. The van der Waals surface area contributed by atoms with Gasteiger partial charge >= 0.3 is 11.9 Å². The molecule has 0 radical (unpaired) electrons. The zero-order chi connectivity index (χ0) is 12.8. The van der Waals surface area contributed by atoms with Gasteiger partial charge in [-0.05, 0) is 40.9 Å². The maximum atomic E-state index is 11.5. The minimum atomic E-state index is -0.654. The van der Waals surface area contributed by atoms with Crippen LogP contribution in [0.1, 0.15) is 22.3 Å². The second kappa shape index (κ2) is 6.07. The van der Waals surface area contributed by atoms with Gasteiger partial charge in [-0.2, -0.15) is 11.3 Å². The van der Waals surface area contributed by atoms with Crippen LogP contribution in [0.2, 0.25) is 0 Å². The van der Waals surface area contributed by atoms with E-state index < -0.39 is 11.9 Å². The Bertz CT molecular complexity index is 522. The summed E-state index contributed by atoms with van der Waals surface area (Å²) < 4.78 is 4.72. The highest BCUT2D eigenvalue weighted by molar-refractivity contribution is 7.07. The molecule has 0 aromatic carbocycles. The fourth-order valence-corrected chi connectivity index (χ4v) is 2.08. The first-order chi connectivity index (χ1) is 8.75. The molecule has 0 spiro atoms. The van der Waals surface area contributed by atoms with Gasteiger partial charge < -0.3 is 4.74 Å². The highest BCUT2D eigenvalue weighted by atomic mass is 32.1. The molecule has 0 amide bonds. The molecule has 4 nitrogen and oxygen atoms in total. The summed E-state index contributed by atoms with van der Waals surface area (Å²) in [6.07, 6.45) is 3.70. The number of thiophene rings is 1. The number of pyridine rings is 1. The molecule has 0 aliphatic rings. The van der Waals surface area contributed by atoms with Crippen molar-refractivity contribution in [2.75, 3.05) is 0 Å². The van der Waals surface area contributed by atoms with Gasteiger partial charge in [-0.25, -0.2) is 4.79 Å². The van der Waals surface area contributed by atoms with E-state index in [0.717, 1.165) is 5.56 Å². The van der Waals surface area contributed by atoms with Crippen molar-refractivity contribution in [3.05, 3.63) is 52.5 Å². The number of hydrogen-bond acceptors (Lipinski definition) is 5. The molecule has 0 aliphatic carbocycles. The lowest BCUT2D eigenvalue weighted by atomic mass is 10.2. The van der Waals surface area contributed by atoms with Crippen molar-refractivity contribution in [2.24, 2.45) is 0 Å². The van der Waals surface area contributed by atoms with Gasteiger partial charge in [-0.3, -0.25) is 9.78 Å². The van der Waals surface area contributed by atoms with Crippen molar-refractivity contribution >= 4 is 23.3 Å². The molecule has 2 aromatic rings. The first-order valence-corrected chi connectivity index (χ1v) is 6.36. The molecule has 0 unspecified atom stereocenters. The molecule has 92 valence electrons. The lowest BCUT2D eigenvalue weighted by molar-refractivity contribution is -0.137. The molecule has 0 bridgehead atoms. The molecule has 0 atom stereocenters. The van der Waals surface area contributed by atoms with Crippen LogP contribution in [-0.4, -0.2) is 16.9 Å². The molecule has 18 heavy (non-hydrogen) atoms. The first-order valence-electron chi connectivity index (χ1n) is 5.42. The van der Waals surface area contributed by atoms with Crippen molar-refractivity contribution in [3.8, 4) is 0 Å². The largest absolute Gasteiger partial charge is 0.389 e. The predicted molar refractivity (Wildman–Crippen MR) is 67.3 cm³/mol. The Morgan fingerprint density at radius 2 is 2.22 bits per heavy atom. The van der Waals surface area contributed by atoms with Crippen LogP contribution in [0.15, 0.2) is 41.4 Å².